The highest BCUT2D eigenvalue weighted by Gasteiger charge is 2.20. The zero-order chi connectivity index (χ0) is 17.5. The van der Waals surface area contributed by atoms with E-state index in [-0.39, 0.29) is 11.6 Å². The predicted octanol–water partition coefficient (Wildman–Crippen LogP) is 4.37. The summed E-state index contributed by atoms with van der Waals surface area (Å²) in [6.07, 6.45) is 2.60. The summed E-state index contributed by atoms with van der Waals surface area (Å²) in [5.41, 5.74) is 1.36. The average Bonchev–Trinajstić information content (AvgIpc) is 2.61. The van der Waals surface area contributed by atoms with Crippen LogP contribution >= 0.6 is 11.8 Å². The van der Waals surface area contributed by atoms with Crippen LogP contribution in [0.5, 0.6) is 0 Å². The SMILES string of the molecule is CCCN(Cc1ccccc1)C(=O)c1ccc(SC)c([N+](=O)[O-])c1. The molecule has 2 rings (SSSR count). The van der Waals surface area contributed by atoms with E-state index in [1.807, 2.05) is 37.3 Å². The molecule has 126 valence electrons. The van der Waals surface area contributed by atoms with Crippen molar-refractivity contribution in [3.8, 4) is 0 Å². The van der Waals surface area contributed by atoms with Crippen molar-refractivity contribution in [2.45, 2.75) is 24.8 Å². The van der Waals surface area contributed by atoms with Crippen molar-refractivity contribution < 1.29 is 9.72 Å². The monoisotopic (exact) mass is 344 g/mol. The molecule has 0 N–H and O–H groups in total. The van der Waals surface area contributed by atoms with Crippen molar-refractivity contribution in [3.05, 3.63) is 69.8 Å². The van der Waals surface area contributed by atoms with Crippen molar-refractivity contribution in [1.29, 1.82) is 0 Å². The second kappa shape index (κ2) is 8.49. The Morgan fingerprint density at radius 1 is 1.21 bits per heavy atom. The molecule has 1 amide bonds. The molecule has 0 aliphatic heterocycles. The lowest BCUT2D eigenvalue weighted by molar-refractivity contribution is -0.387. The van der Waals surface area contributed by atoms with Crippen molar-refractivity contribution in [2.75, 3.05) is 12.8 Å². The zero-order valence-electron chi connectivity index (χ0n) is 13.8. The topological polar surface area (TPSA) is 63.5 Å². The number of benzene rings is 2. The summed E-state index contributed by atoms with van der Waals surface area (Å²) in [6, 6.07) is 14.4. The summed E-state index contributed by atoms with van der Waals surface area (Å²) in [5, 5.41) is 11.2. The van der Waals surface area contributed by atoms with Crippen LogP contribution in [-0.4, -0.2) is 28.5 Å². The van der Waals surface area contributed by atoms with Crippen molar-refractivity contribution >= 4 is 23.4 Å². The van der Waals surface area contributed by atoms with Gasteiger partial charge in [0, 0.05) is 24.7 Å². The van der Waals surface area contributed by atoms with Crippen LogP contribution in [0, 0.1) is 10.1 Å². The fraction of sp³-hybridized carbons (Fsp3) is 0.278. The normalized spacial score (nSPS) is 10.4. The Balaban J connectivity index is 2.29. The highest BCUT2D eigenvalue weighted by atomic mass is 32.2. The van der Waals surface area contributed by atoms with E-state index in [0.29, 0.717) is 23.5 Å². The van der Waals surface area contributed by atoms with Crippen LogP contribution in [0.25, 0.3) is 0 Å². The van der Waals surface area contributed by atoms with Gasteiger partial charge in [-0.05, 0) is 30.4 Å². The van der Waals surface area contributed by atoms with Gasteiger partial charge in [0.15, 0.2) is 0 Å². The van der Waals surface area contributed by atoms with Gasteiger partial charge < -0.3 is 4.90 Å². The molecule has 0 aliphatic carbocycles. The van der Waals surface area contributed by atoms with Crippen LogP contribution in [0.1, 0.15) is 29.3 Å². The number of nitro groups is 1. The van der Waals surface area contributed by atoms with Gasteiger partial charge in [0.05, 0.1) is 9.82 Å². The quantitative estimate of drug-likeness (QED) is 0.425. The first-order valence-corrected chi connectivity index (χ1v) is 8.95. The van der Waals surface area contributed by atoms with Gasteiger partial charge in [0.1, 0.15) is 0 Å². The van der Waals surface area contributed by atoms with Gasteiger partial charge in [-0.3, -0.25) is 14.9 Å². The summed E-state index contributed by atoms with van der Waals surface area (Å²) < 4.78 is 0. The first kappa shape index (κ1) is 18.0. The Bertz CT molecular complexity index is 719. The molecule has 24 heavy (non-hydrogen) atoms. The minimum absolute atomic E-state index is 0.0236. The lowest BCUT2D eigenvalue weighted by atomic mass is 10.1. The fourth-order valence-electron chi connectivity index (χ4n) is 2.47. The first-order chi connectivity index (χ1) is 11.6. The van der Waals surface area contributed by atoms with E-state index >= 15 is 0 Å². The number of carbonyl (C=O) groups excluding carboxylic acids is 1. The largest absolute Gasteiger partial charge is 0.334 e. The molecule has 0 aliphatic rings. The fourth-order valence-corrected chi connectivity index (χ4v) is 3.02. The molecule has 5 nitrogen and oxygen atoms in total. The number of thioether (sulfide) groups is 1. The van der Waals surface area contributed by atoms with Crippen molar-refractivity contribution in [1.82, 2.24) is 4.90 Å². The van der Waals surface area contributed by atoms with Gasteiger partial charge in [-0.2, -0.15) is 0 Å². The molecule has 6 heteroatoms. The number of hydrogen-bond acceptors (Lipinski definition) is 4. The number of carbonyl (C=O) groups is 1. The molecule has 0 radical (unpaired) electrons. The maximum absolute atomic E-state index is 12.8. The molecule has 0 spiro atoms. The maximum atomic E-state index is 12.8. The predicted molar refractivity (Wildman–Crippen MR) is 96.4 cm³/mol. The molecular formula is C18H20N2O3S. The smallest absolute Gasteiger partial charge is 0.283 e. The van der Waals surface area contributed by atoms with E-state index in [1.165, 1.54) is 17.8 Å². The molecule has 0 unspecified atom stereocenters. The highest BCUT2D eigenvalue weighted by molar-refractivity contribution is 7.98. The summed E-state index contributed by atoms with van der Waals surface area (Å²) in [7, 11) is 0. The lowest BCUT2D eigenvalue weighted by Crippen LogP contribution is -2.31. The van der Waals surface area contributed by atoms with Gasteiger partial charge in [-0.1, -0.05) is 37.3 Å². The summed E-state index contributed by atoms with van der Waals surface area (Å²) in [4.78, 5) is 25.9. The molecule has 2 aromatic rings. The number of rotatable bonds is 7. The van der Waals surface area contributed by atoms with Gasteiger partial charge in [-0.15, -0.1) is 11.8 Å². The number of hydrogen-bond donors (Lipinski definition) is 0. The third-order valence-electron chi connectivity index (χ3n) is 3.62. The first-order valence-electron chi connectivity index (χ1n) is 7.72. The van der Waals surface area contributed by atoms with E-state index in [2.05, 4.69) is 0 Å². The Morgan fingerprint density at radius 2 is 1.92 bits per heavy atom. The van der Waals surface area contributed by atoms with Crippen molar-refractivity contribution in [3.63, 3.8) is 0 Å². The second-order valence-corrected chi connectivity index (χ2v) is 6.20. The summed E-state index contributed by atoms with van der Waals surface area (Å²) >= 11 is 1.30. The molecule has 0 heterocycles. The van der Waals surface area contributed by atoms with Crippen molar-refractivity contribution in [2.24, 2.45) is 0 Å². The van der Waals surface area contributed by atoms with Gasteiger partial charge >= 0.3 is 0 Å². The van der Waals surface area contributed by atoms with Gasteiger partial charge in [0.25, 0.3) is 11.6 Å². The van der Waals surface area contributed by atoms with Crippen LogP contribution in [-0.2, 0) is 6.54 Å². The van der Waals surface area contributed by atoms with E-state index in [9.17, 15) is 14.9 Å². The third kappa shape index (κ3) is 4.35. The van der Waals surface area contributed by atoms with E-state index in [1.54, 1.807) is 23.3 Å². The molecule has 0 saturated carbocycles. The summed E-state index contributed by atoms with van der Waals surface area (Å²) in [5.74, 6) is -0.184. The van der Waals surface area contributed by atoms with Crippen LogP contribution in [0.3, 0.4) is 0 Å². The van der Waals surface area contributed by atoms with Gasteiger partial charge in [-0.25, -0.2) is 0 Å². The van der Waals surface area contributed by atoms with E-state index < -0.39 is 4.92 Å². The molecule has 0 bridgehead atoms. The number of nitrogens with zero attached hydrogens (tertiary/aromatic N) is 2. The molecule has 2 aromatic carbocycles. The molecule has 0 fully saturated rings. The average molecular weight is 344 g/mol. The van der Waals surface area contributed by atoms with Crippen LogP contribution < -0.4 is 0 Å². The molecule has 0 aromatic heterocycles. The third-order valence-corrected chi connectivity index (χ3v) is 4.40. The Labute approximate surface area is 145 Å². The van der Waals surface area contributed by atoms with Crippen LogP contribution in [0.4, 0.5) is 5.69 Å². The standard InChI is InChI=1S/C18H20N2O3S/c1-3-11-19(13-14-7-5-4-6-8-14)18(21)15-9-10-17(24-2)16(12-15)20(22)23/h4-10,12H,3,11,13H2,1-2H3. The van der Waals surface area contributed by atoms with E-state index in [4.69, 9.17) is 0 Å². The maximum Gasteiger partial charge on any atom is 0.283 e. The van der Waals surface area contributed by atoms with Crippen LogP contribution in [0.2, 0.25) is 0 Å². The number of nitro benzene ring substituents is 1. The minimum Gasteiger partial charge on any atom is -0.334 e. The zero-order valence-corrected chi connectivity index (χ0v) is 14.6. The Hall–Kier alpha value is -2.34. The second-order valence-electron chi connectivity index (χ2n) is 5.36. The number of amides is 1. The minimum atomic E-state index is -0.441. The van der Waals surface area contributed by atoms with Gasteiger partial charge in [0.2, 0.25) is 0 Å². The molecular weight excluding hydrogens is 324 g/mol. The lowest BCUT2D eigenvalue weighted by Gasteiger charge is -2.22. The van der Waals surface area contributed by atoms with E-state index in [0.717, 1.165) is 12.0 Å². The Morgan fingerprint density at radius 3 is 2.50 bits per heavy atom. The molecule has 0 atom stereocenters. The summed E-state index contributed by atoms with van der Waals surface area (Å²) in [6.45, 7) is 3.10. The Kier molecular flexibility index (Phi) is 6.37. The molecule has 0 saturated heterocycles. The highest BCUT2D eigenvalue weighted by Crippen LogP contribution is 2.28. The van der Waals surface area contributed by atoms with Crippen LogP contribution in [0.15, 0.2) is 53.4 Å².